The predicted octanol–water partition coefficient (Wildman–Crippen LogP) is 3.32. The first-order valence-electron chi connectivity index (χ1n) is 9.38. The van der Waals surface area contributed by atoms with Crippen molar-refractivity contribution in [3.63, 3.8) is 0 Å². The second-order valence-electron chi connectivity index (χ2n) is 7.15. The highest BCUT2D eigenvalue weighted by Gasteiger charge is 2.28. The number of carbonyl (C=O) groups is 1. The summed E-state index contributed by atoms with van der Waals surface area (Å²) in [6.45, 7) is 5.57. The van der Waals surface area contributed by atoms with Gasteiger partial charge in [0.05, 0.1) is 11.7 Å². The van der Waals surface area contributed by atoms with Crippen molar-refractivity contribution in [2.24, 2.45) is 0 Å². The smallest absolute Gasteiger partial charge is 0.304 e. The van der Waals surface area contributed by atoms with Crippen LogP contribution in [0.5, 0.6) is 0 Å². The molecule has 0 spiro atoms. The van der Waals surface area contributed by atoms with Gasteiger partial charge in [0.2, 0.25) is 5.91 Å². The zero-order valence-electron chi connectivity index (χ0n) is 17.4. The summed E-state index contributed by atoms with van der Waals surface area (Å²) in [5.74, 6) is -0.925. The van der Waals surface area contributed by atoms with Crippen molar-refractivity contribution in [3.05, 3.63) is 65.0 Å². The Labute approximate surface area is 172 Å². The summed E-state index contributed by atoms with van der Waals surface area (Å²) in [6.07, 6.45) is 0.658. The minimum Gasteiger partial charge on any atom is -0.348 e. The van der Waals surface area contributed by atoms with Crippen LogP contribution in [0.3, 0.4) is 0 Å². The van der Waals surface area contributed by atoms with Gasteiger partial charge in [0.25, 0.3) is 0 Å². The lowest BCUT2D eigenvalue weighted by Crippen LogP contribution is -2.46. The summed E-state index contributed by atoms with van der Waals surface area (Å²) in [5.41, 5.74) is 3.47. The minimum atomic E-state index is -3.94. The van der Waals surface area contributed by atoms with Gasteiger partial charge >= 0.3 is 10.2 Å². The first-order valence-corrected chi connectivity index (χ1v) is 10.8. The lowest BCUT2D eigenvalue weighted by molar-refractivity contribution is -0.120. The number of benzene rings is 2. The van der Waals surface area contributed by atoms with Crippen LogP contribution in [0.4, 0.5) is 10.1 Å². The number of hydrogen-bond acceptors (Lipinski definition) is 3. The Morgan fingerprint density at radius 3 is 2.21 bits per heavy atom. The Bertz CT molecular complexity index is 960. The van der Waals surface area contributed by atoms with Crippen LogP contribution in [-0.2, 0) is 15.0 Å². The molecular formula is C21H28FN3O3S. The van der Waals surface area contributed by atoms with Crippen LogP contribution in [-0.4, -0.2) is 39.3 Å². The van der Waals surface area contributed by atoms with Gasteiger partial charge in [0.1, 0.15) is 12.4 Å². The number of anilines is 1. The third kappa shape index (κ3) is 5.55. The van der Waals surface area contributed by atoms with Crippen LogP contribution < -0.4 is 9.62 Å². The molecule has 8 heteroatoms. The number of hydrogen-bond donors (Lipinski definition) is 1. The molecule has 0 aliphatic carbocycles. The normalized spacial score (nSPS) is 12.7. The molecule has 0 aliphatic rings. The van der Waals surface area contributed by atoms with E-state index in [2.05, 4.69) is 5.32 Å². The highest BCUT2D eigenvalue weighted by molar-refractivity contribution is 7.90. The predicted molar refractivity (Wildman–Crippen MR) is 113 cm³/mol. The van der Waals surface area contributed by atoms with E-state index in [1.165, 1.54) is 26.2 Å². The van der Waals surface area contributed by atoms with E-state index in [0.717, 1.165) is 37.4 Å². The molecule has 158 valence electrons. The minimum absolute atomic E-state index is 0.217. The van der Waals surface area contributed by atoms with Gasteiger partial charge in [-0.15, -0.1) is 0 Å². The average Bonchev–Trinajstić information content (AvgIpc) is 2.67. The number of halogens is 1. The highest BCUT2D eigenvalue weighted by atomic mass is 32.2. The van der Waals surface area contributed by atoms with Gasteiger partial charge in [-0.2, -0.15) is 12.7 Å². The first kappa shape index (κ1) is 22.8. The SMILES string of the molecule is CC[C@H](NC(=O)CN(c1ccc(F)cc1)S(=O)(=O)N(C)C)c1ccc(C)c(C)c1. The van der Waals surface area contributed by atoms with Crippen molar-refractivity contribution in [2.75, 3.05) is 24.9 Å². The maximum atomic E-state index is 13.3. The number of nitrogens with one attached hydrogen (secondary N) is 1. The molecule has 0 saturated heterocycles. The van der Waals surface area contributed by atoms with E-state index in [0.29, 0.717) is 6.42 Å². The van der Waals surface area contributed by atoms with E-state index >= 15 is 0 Å². The Hall–Kier alpha value is -2.45. The zero-order valence-corrected chi connectivity index (χ0v) is 18.3. The molecule has 0 aromatic heterocycles. The van der Waals surface area contributed by atoms with Crippen molar-refractivity contribution in [1.29, 1.82) is 0 Å². The molecule has 2 rings (SSSR count). The number of amides is 1. The molecule has 29 heavy (non-hydrogen) atoms. The van der Waals surface area contributed by atoms with Crippen molar-refractivity contribution in [1.82, 2.24) is 9.62 Å². The lowest BCUT2D eigenvalue weighted by Gasteiger charge is -2.28. The fourth-order valence-corrected chi connectivity index (χ4v) is 3.95. The van der Waals surface area contributed by atoms with Gasteiger partial charge in [-0.1, -0.05) is 25.1 Å². The Morgan fingerprint density at radius 1 is 1.07 bits per heavy atom. The Kier molecular flexibility index (Phi) is 7.37. The van der Waals surface area contributed by atoms with Crippen LogP contribution in [0.1, 0.15) is 36.1 Å². The highest BCUT2D eigenvalue weighted by Crippen LogP contribution is 2.22. The molecule has 0 fully saturated rings. The summed E-state index contributed by atoms with van der Waals surface area (Å²) < 4.78 is 40.7. The lowest BCUT2D eigenvalue weighted by atomic mass is 9.99. The second-order valence-corrected chi connectivity index (χ2v) is 9.21. The Balaban J connectivity index is 2.26. The average molecular weight is 422 g/mol. The van der Waals surface area contributed by atoms with Crippen LogP contribution >= 0.6 is 0 Å². The van der Waals surface area contributed by atoms with E-state index < -0.39 is 28.5 Å². The van der Waals surface area contributed by atoms with Crippen molar-refractivity contribution < 1.29 is 17.6 Å². The van der Waals surface area contributed by atoms with Crippen LogP contribution in [0.25, 0.3) is 0 Å². The summed E-state index contributed by atoms with van der Waals surface area (Å²) in [5, 5.41) is 2.91. The van der Waals surface area contributed by atoms with Crippen LogP contribution in [0.15, 0.2) is 42.5 Å². The third-order valence-electron chi connectivity index (χ3n) is 4.82. The van der Waals surface area contributed by atoms with Gasteiger partial charge in [-0.25, -0.2) is 8.70 Å². The van der Waals surface area contributed by atoms with Crippen molar-refractivity contribution >= 4 is 21.8 Å². The standard InChI is InChI=1S/C21H28FN3O3S/c1-6-20(17-8-7-15(2)16(3)13-17)23-21(26)14-25(29(27,28)24(4)5)19-11-9-18(22)10-12-19/h7-13,20H,6,14H2,1-5H3,(H,23,26)/t20-/m0/s1. The monoisotopic (exact) mass is 421 g/mol. The number of rotatable bonds is 8. The molecule has 1 atom stereocenters. The van der Waals surface area contributed by atoms with Gasteiger partial charge in [-0.05, 0) is 61.2 Å². The zero-order chi connectivity index (χ0) is 21.8. The maximum absolute atomic E-state index is 13.3. The molecule has 0 heterocycles. The van der Waals surface area contributed by atoms with Gasteiger partial charge in [0, 0.05) is 14.1 Å². The number of aryl methyl sites for hydroxylation is 2. The molecule has 2 aromatic carbocycles. The summed E-state index contributed by atoms with van der Waals surface area (Å²) in [4.78, 5) is 12.7. The fraction of sp³-hybridized carbons (Fsp3) is 0.381. The molecular weight excluding hydrogens is 393 g/mol. The van der Waals surface area contributed by atoms with Crippen molar-refractivity contribution in [3.8, 4) is 0 Å². The number of carbonyl (C=O) groups excluding carboxylic acids is 1. The Morgan fingerprint density at radius 2 is 1.69 bits per heavy atom. The second kappa shape index (κ2) is 9.37. The maximum Gasteiger partial charge on any atom is 0.304 e. The quantitative estimate of drug-likeness (QED) is 0.711. The van der Waals surface area contributed by atoms with E-state index in [1.807, 2.05) is 39.0 Å². The fourth-order valence-electron chi connectivity index (χ4n) is 2.88. The molecule has 0 bridgehead atoms. The molecule has 0 unspecified atom stereocenters. The summed E-state index contributed by atoms with van der Waals surface area (Å²) >= 11 is 0. The topological polar surface area (TPSA) is 69.7 Å². The first-order chi connectivity index (χ1) is 13.6. The van der Waals surface area contributed by atoms with E-state index in [-0.39, 0.29) is 11.7 Å². The van der Waals surface area contributed by atoms with Gasteiger partial charge in [-0.3, -0.25) is 4.79 Å². The van der Waals surface area contributed by atoms with Gasteiger partial charge < -0.3 is 5.32 Å². The third-order valence-corrected chi connectivity index (χ3v) is 6.64. The van der Waals surface area contributed by atoms with Crippen LogP contribution in [0, 0.1) is 19.7 Å². The van der Waals surface area contributed by atoms with E-state index in [4.69, 9.17) is 0 Å². The molecule has 6 nitrogen and oxygen atoms in total. The molecule has 2 aromatic rings. The molecule has 0 saturated carbocycles. The van der Waals surface area contributed by atoms with Gasteiger partial charge in [0.15, 0.2) is 0 Å². The molecule has 0 aliphatic heterocycles. The van der Waals surface area contributed by atoms with E-state index in [1.54, 1.807) is 0 Å². The largest absolute Gasteiger partial charge is 0.348 e. The summed E-state index contributed by atoms with van der Waals surface area (Å²) in [6, 6.07) is 10.8. The summed E-state index contributed by atoms with van der Waals surface area (Å²) in [7, 11) is -1.17. The molecule has 1 amide bonds. The molecule has 1 N–H and O–H groups in total. The van der Waals surface area contributed by atoms with Crippen LogP contribution in [0.2, 0.25) is 0 Å². The molecule has 0 radical (unpaired) electrons. The van der Waals surface area contributed by atoms with E-state index in [9.17, 15) is 17.6 Å². The van der Waals surface area contributed by atoms with Crippen molar-refractivity contribution in [2.45, 2.75) is 33.2 Å². The number of nitrogens with zero attached hydrogens (tertiary/aromatic N) is 2.